The molecule has 0 spiro atoms. The van der Waals surface area contributed by atoms with Crippen LogP contribution in [0.2, 0.25) is 0 Å². The molecule has 106 valence electrons. The molecule has 1 atom stereocenters. The van der Waals surface area contributed by atoms with Crippen LogP contribution in [-0.4, -0.2) is 25.4 Å². The van der Waals surface area contributed by atoms with Gasteiger partial charge in [-0.2, -0.15) is 26.3 Å². The third-order valence-corrected chi connectivity index (χ3v) is 3.08. The van der Waals surface area contributed by atoms with Crippen molar-refractivity contribution in [2.75, 3.05) is 7.05 Å². The summed E-state index contributed by atoms with van der Waals surface area (Å²) in [6, 6.07) is -1.72. The van der Waals surface area contributed by atoms with Gasteiger partial charge in [0.15, 0.2) is 5.92 Å². The second kappa shape index (κ2) is 5.50. The van der Waals surface area contributed by atoms with E-state index in [1.165, 1.54) is 6.08 Å². The predicted octanol–water partition coefficient (Wildman–Crippen LogP) is 3.82. The molecule has 7 heteroatoms. The maximum Gasteiger partial charge on any atom is 0.402 e. The van der Waals surface area contributed by atoms with E-state index >= 15 is 0 Å². The van der Waals surface area contributed by atoms with Gasteiger partial charge in [-0.15, -0.1) is 0 Å². The summed E-state index contributed by atoms with van der Waals surface area (Å²) in [5, 5.41) is 2.18. The Hall–Kier alpha value is -0.720. The molecule has 0 heterocycles. The number of likely N-dealkylation sites (N-methyl/N-ethyl adjacent to an activating group) is 1. The standard InChI is InChI=1S/C11H15F6N/c1-18-8(7-5-3-2-4-6-7)9(10(12,13)14)11(15,16)17/h5,8-9,18H,2-4,6H2,1H3. The van der Waals surface area contributed by atoms with Crippen LogP contribution in [0.4, 0.5) is 26.3 Å². The monoisotopic (exact) mass is 275 g/mol. The van der Waals surface area contributed by atoms with Crippen LogP contribution in [0.25, 0.3) is 0 Å². The first-order chi connectivity index (χ1) is 8.18. The summed E-state index contributed by atoms with van der Waals surface area (Å²) in [7, 11) is 1.13. The molecule has 1 unspecified atom stereocenters. The van der Waals surface area contributed by atoms with Crippen LogP contribution in [0, 0.1) is 5.92 Å². The summed E-state index contributed by atoms with van der Waals surface area (Å²) in [5.41, 5.74) is 0.211. The first-order valence-electron chi connectivity index (χ1n) is 5.67. The minimum atomic E-state index is -5.30. The Morgan fingerprint density at radius 2 is 1.61 bits per heavy atom. The van der Waals surface area contributed by atoms with Crippen molar-refractivity contribution < 1.29 is 26.3 Å². The van der Waals surface area contributed by atoms with E-state index in [0.717, 1.165) is 13.5 Å². The fourth-order valence-corrected chi connectivity index (χ4v) is 2.28. The molecule has 0 amide bonds. The van der Waals surface area contributed by atoms with Crippen LogP contribution >= 0.6 is 0 Å². The SMILES string of the molecule is CNC(C1=CCCCC1)C(C(F)(F)F)C(F)(F)F. The van der Waals surface area contributed by atoms with E-state index in [9.17, 15) is 26.3 Å². The van der Waals surface area contributed by atoms with Crippen molar-refractivity contribution in [1.82, 2.24) is 5.32 Å². The zero-order chi connectivity index (χ0) is 14.0. The molecule has 18 heavy (non-hydrogen) atoms. The Labute approximate surface area is 101 Å². The first-order valence-corrected chi connectivity index (χ1v) is 5.67. The molecule has 0 saturated heterocycles. The molecule has 0 aromatic rings. The van der Waals surface area contributed by atoms with Crippen LogP contribution in [0.5, 0.6) is 0 Å². The molecular formula is C11H15F6N. The molecule has 0 aliphatic heterocycles. The van der Waals surface area contributed by atoms with Crippen LogP contribution in [0.15, 0.2) is 11.6 Å². The van der Waals surface area contributed by atoms with Crippen molar-refractivity contribution in [3.8, 4) is 0 Å². The van der Waals surface area contributed by atoms with Crippen LogP contribution < -0.4 is 5.32 Å². The maximum atomic E-state index is 12.6. The first kappa shape index (κ1) is 15.3. The van der Waals surface area contributed by atoms with Gasteiger partial charge in [-0.1, -0.05) is 11.6 Å². The highest BCUT2D eigenvalue weighted by Crippen LogP contribution is 2.44. The van der Waals surface area contributed by atoms with Gasteiger partial charge in [-0.25, -0.2) is 0 Å². The number of halogens is 6. The minimum Gasteiger partial charge on any atom is -0.312 e. The number of rotatable bonds is 3. The van der Waals surface area contributed by atoms with Crippen molar-refractivity contribution >= 4 is 0 Å². The van der Waals surface area contributed by atoms with E-state index in [0.29, 0.717) is 12.8 Å². The fourth-order valence-electron chi connectivity index (χ4n) is 2.28. The van der Waals surface area contributed by atoms with Crippen LogP contribution in [-0.2, 0) is 0 Å². The summed E-state index contributed by atoms with van der Waals surface area (Å²) in [6.45, 7) is 0. The van der Waals surface area contributed by atoms with E-state index in [1.54, 1.807) is 0 Å². The van der Waals surface area contributed by atoms with E-state index in [1.807, 2.05) is 0 Å². The largest absolute Gasteiger partial charge is 0.402 e. The van der Waals surface area contributed by atoms with Gasteiger partial charge in [0, 0.05) is 6.04 Å². The Morgan fingerprint density at radius 3 is 1.94 bits per heavy atom. The second-order valence-electron chi connectivity index (χ2n) is 4.35. The van der Waals surface area contributed by atoms with Gasteiger partial charge in [0.1, 0.15) is 0 Å². The Bertz CT molecular complexity index is 290. The summed E-state index contributed by atoms with van der Waals surface area (Å²) in [5.74, 6) is -3.35. The molecule has 1 aliphatic rings. The van der Waals surface area contributed by atoms with E-state index in [2.05, 4.69) is 5.32 Å². The van der Waals surface area contributed by atoms with Gasteiger partial charge in [-0.05, 0) is 32.7 Å². The number of alkyl halides is 6. The van der Waals surface area contributed by atoms with Crippen molar-refractivity contribution in [2.45, 2.75) is 44.1 Å². The van der Waals surface area contributed by atoms with Gasteiger partial charge in [0.25, 0.3) is 0 Å². The topological polar surface area (TPSA) is 12.0 Å². The summed E-state index contributed by atoms with van der Waals surface area (Å²) in [6.07, 6.45) is -6.84. The van der Waals surface area contributed by atoms with Crippen molar-refractivity contribution in [2.24, 2.45) is 5.92 Å². The van der Waals surface area contributed by atoms with Gasteiger partial charge in [0.05, 0.1) is 0 Å². The lowest BCUT2D eigenvalue weighted by molar-refractivity contribution is -0.288. The normalized spacial score (nSPS) is 19.9. The van der Waals surface area contributed by atoms with Crippen LogP contribution in [0.3, 0.4) is 0 Å². The molecule has 0 aromatic heterocycles. The molecule has 0 bridgehead atoms. The lowest BCUT2D eigenvalue weighted by Gasteiger charge is -2.33. The Kier molecular flexibility index (Phi) is 4.69. The average molecular weight is 275 g/mol. The third-order valence-electron chi connectivity index (χ3n) is 3.08. The lowest BCUT2D eigenvalue weighted by atomic mass is 9.85. The highest BCUT2D eigenvalue weighted by molar-refractivity contribution is 5.16. The molecule has 1 N–H and O–H groups in total. The molecule has 1 rings (SSSR count). The van der Waals surface area contributed by atoms with Gasteiger partial charge in [-0.3, -0.25) is 0 Å². The zero-order valence-corrected chi connectivity index (χ0v) is 9.83. The molecule has 0 saturated carbocycles. The zero-order valence-electron chi connectivity index (χ0n) is 9.83. The summed E-state index contributed by atoms with van der Waals surface area (Å²) in [4.78, 5) is 0. The average Bonchev–Trinajstić information content (AvgIpc) is 2.23. The molecule has 1 nitrogen and oxygen atoms in total. The van der Waals surface area contributed by atoms with Crippen molar-refractivity contribution in [3.05, 3.63) is 11.6 Å². The summed E-state index contributed by atoms with van der Waals surface area (Å²) >= 11 is 0. The highest BCUT2D eigenvalue weighted by atomic mass is 19.4. The quantitative estimate of drug-likeness (QED) is 0.610. The van der Waals surface area contributed by atoms with Gasteiger partial charge < -0.3 is 5.32 Å². The molecule has 0 aromatic carbocycles. The maximum absolute atomic E-state index is 12.6. The number of hydrogen-bond donors (Lipinski definition) is 1. The van der Waals surface area contributed by atoms with E-state index in [-0.39, 0.29) is 12.0 Å². The Balaban J connectivity index is 3.05. The molecule has 0 radical (unpaired) electrons. The van der Waals surface area contributed by atoms with E-state index < -0.39 is 24.3 Å². The Morgan fingerprint density at radius 1 is 1.06 bits per heavy atom. The number of allylic oxidation sites excluding steroid dienone is 1. The predicted molar refractivity (Wildman–Crippen MR) is 55.0 cm³/mol. The minimum absolute atomic E-state index is 0.211. The number of hydrogen-bond acceptors (Lipinski definition) is 1. The van der Waals surface area contributed by atoms with Gasteiger partial charge in [0.2, 0.25) is 0 Å². The van der Waals surface area contributed by atoms with Crippen LogP contribution in [0.1, 0.15) is 25.7 Å². The fraction of sp³-hybridized carbons (Fsp3) is 0.818. The lowest BCUT2D eigenvalue weighted by Crippen LogP contribution is -2.51. The summed E-state index contributed by atoms with van der Waals surface area (Å²) < 4.78 is 75.7. The smallest absolute Gasteiger partial charge is 0.312 e. The number of nitrogens with one attached hydrogen (secondary N) is 1. The third kappa shape index (κ3) is 3.63. The highest BCUT2D eigenvalue weighted by Gasteiger charge is 2.60. The molecule has 1 aliphatic carbocycles. The van der Waals surface area contributed by atoms with Crippen molar-refractivity contribution in [1.29, 1.82) is 0 Å². The van der Waals surface area contributed by atoms with Gasteiger partial charge >= 0.3 is 12.4 Å². The second-order valence-corrected chi connectivity index (χ2v) is 4.35. The molecular weight excluding hydrogens is 260 g/mol. The van der Waals surface area contributed by atoms with Crippen molar-refractivity contribution in [3.63, 3.8) is 0 Å². The van der Waals surface area contributed by atoms with E-state index in [4.69, 9.17) is 0 Å². The molecule has 0 fully saturated rings.